The van der Waals surface area contributed by atoms with Crippen LogP contribution in [0.15, 0.2) is 34.7 Å². The summed E-state index contributed by atoms with van der Waals surface area (Å²) in [5.41, 5.74) is 1.83. The van der Waals surface area contributed by atoms with Gasteiger partial charge in [-0.2, -0.15) is 0 Å². The Morgan fingerprint density at radius 1 is 1.20 bits per heavy atom. The lowest BCUT2D eigenvalue weighted by Gasteiger charge is -2.29. The maximum absolute atomic E-state index is 9.35. The van der Waals surface area contributed by atoms with Crippen molar-refractivity contribution in [3.63, 3.8) is 0 Å². The van der Waals surface area contributed by atoms with Crippen LogP contribution < -0.4 is 0 Å². The van der Waals surface area contributed by atoms with Crippen molar-refractivity contribution in [1.82, 2.24) is 4.98 Å². The molecule has 1 aliphatic carbocycles. The normalized spacial score (nSPS) is 22.0. The van der Waals surface area contributed by atoms with Crippen molar-refractivity contribution in [3.8, 4) is 11.5 Å². The van der Waals surface area contributed by atoms with Crippen LogP contribution >= 0.6 is 0 Å². The van der Waals surface area contributed by atoms with E-state index in [-0.39, 0.29) is 12.2 Å². The second-order valence-electron chi connectivity index (χ2n) is 6.79. The van der Waals surface area contributed by atoms with E-state index in [4.69, 9.17) is 13.9 Å². The SMILES string of the molecule is Cc1oc(-c2ccccc2)nc1CO[C@H]1CCC[C@@H](OCC(C)O)C1. The molecular formula is C20H27NO4. The van der Waals surface area contributed by atoms with Crippen molar-refractivity contribution in [3.05, 3.63) is 41.8 Å². The molecule has 0 bridgehead atoms. The molecule has 0 radical (unpaired) electrons. The molecule has 1 unspecified atom stereocenters. The number of ether oxygens (including phenoxy) is 2. The van der Waals surface area contributed by atoms with Crippen molar-refractivity contribution in [2.24, 2.45) is 0 Å². The Morgan fingerprint density at radius 3 is 2.64 bits per heavy atom. The van der Waals surface area contributed by atoms with Gasteiger partial charge in [0.1, 0.15) is 11.5 Å². The third-order valence-corrected chi connectivity index (χ3v) is 4.52. The number of aryl methyl sites for hydroxylation is 1. The summed E-state index contributed by atoms with van der Waals surface area (Å²) in [5.74, 6) is 1.44. The molecule has 0 aliphatic heterocycles. The van der Waals surface area contributed by atoms with Gasteiger partial charge < -0.3 is 19.0 Å². The second kappa shape index (κ2) is 8.61. The topological polar surface area (TPSA) is 64.7 Å². The Hall–Kier alpha value is -1.69. The largest absolute Gasteiger partial charge is 0.441 e. The van der Waals surface area contributed by atoms with Gasteiger partial charge in [-0.3, -0.25) is 0 Å². The zero-order valence-corrected chi connectivity index (χ0v) is 15.0. The summed E-state index contributed by atoms with van der Waals surface area (Å²) in [6, 6.07) is 9.89. The van der Waals surface area contributed by atoms with E-state index in [1.165, 1.54) is 0 Å². The van der Waals surface area contributed by atoms with Gasteiger partial charge in [0.15, 0.2) is 0 Å². The van der Waals surface area contributed by atoms with E-state index in [1.807, 2.05) is 37.3 Å². The highest BCUT2D eigenvalue weighted by Gasteiger charge is 2.24. The highest BCUT2D eigenvalue weighted by atomic mass is 16.5. The van der Waals surface area contributed by atoms with E-state index >= 15 is 0 Å². The number of rotatable bonds is 7. The van der Waals surface area contributed by atoms with E-state index in [1.54, 1.807) is 6.92 Å². The number of hydrogen-bond donors (Lipinski definition) is 1. The van der Waals surface area contributed by atoms with Gasteiger partial charge in [-0.05, 0) is 51.7 Å². The number of aliphatic hydroxyl groups is 1. The molecule has 3 rings (SSSR count). The van der Waals surface area contributed by atoms with E-state index < -0.39 is 6.10 Å². The van der Waals surface area contributed by atoms with E-state index in [9.17, 15) is 5.11 Å². The Morgan fingerprint density at radius 2 is 1.92 bits per heavy atom. The van der Waals surface area contributed by atoms with Gasteiger partial charge in [-0.15, -0.1) is 0 Å². The van der Waals surface area contributed by atoms with Gasteiger partial charge in [0.25, 0.3) is 0 Å². The summed E-state index contributed by atoms with van der Waals surface area (Å²) in [4.78, 5) is 4.59. The standard InChI is InChI=1S/C20H27NO4/c1-14(22)12-23-17-9-6-10-18(11-17)24-13-19-15(2)25-20(21-19)16-7-4-3-5-8-16/h3-5,7-8,14,17-18,22H,6,9-13H2,1-2H3/t14?,17-,18+/m1/s1. The third kappa shape index (κ3) is 5.14. The van der Waals surface area contributed by atoms with Crippen LogP contribution in [0.1, 0.15) is 44.1 Å². The maximum atomic E-state index is 9.35. The molecule has 1 N–H and O–H groups in total. The van der Waals surface area contributed by atoms with Crippen molar-refractivity contribution in [2.75, 3.05) is 6.61 Å². The lowest BCUT2D eigenvalue weighted by molar-refractivity contribution is -0.0674. The van der Waals surface area contributed by atoms with Crippen LogP contribution in [0.3, 0.4) is 0 Å². The molecule has 1 aliphatic rings. The van der Waals surface area contributed by atoms with Crippen LogP contribution in [0.2, 0.25) is 0 Å². The van der Waals surface area contributed by atoms with E-state index in [0.717, 1.165) is 42.7 Å². The monoisotopic (exact) mass is 345 g/mol. The van der Waals surface area contributed by atoms with Gasteiger partial charge in [-0.1, -0.05) is 18.2 Å². The van der Waals surface area contributed by atoms with Crippen molar-refractivity contribution < 1.29 is 19.0 Å². The van der Waals surface area contributed by atoms with Crippen LogP contribution in [0.4, 0.5) is 0 Å². The highest BCUT2D eigenvalue weighted by Crippen LogP contribution is 2.26. The summed E-state index contributed by atoms with van der Waals surface area (Å²) in [7, 11) is 0. The molecule has 1 aromatic carbocycles. The van der Waals surface area contributed by atoms with Gasteiger partial charge in [0.2, 0.25) is 5.89 Å². The Bertz CT molecular complexity index is 653. The Kier molecular flexibility index (Phi) is 6.24. The van der Waals surface area contributed by atoms with Crippen molar-refractivity contribution in [1.29, 1.82) is 0 Å². The lowest BCUT2D eigenvalue weighted by atomic mass is 9.95. The minimum atomic E-state index is -0.421. The summed E-state index contributed by atoms with van der Waals surface area (Å²) in [6.07, 6.45) is 3.95. The molecule has 0 amide bonds. The van der Waals surface area contributed by atoms with Crippen LogP contribution in [0, 0.1) is 6.92 Å². The quantitative estimate of drug-likeness (QED) is 0.825. The molecule has 0 spiro atoms. The van der Waals surface area contributed by atoms with E-state index in [0.29, 0.717) is 19.1 Å². The number of aliphatic hydroxyl groups excluding tert-OH is 1. The number of oxazole rings is 1. The molecule has 5 heteroatoms. The molecule has 2 aromatic rings. The maximum Gasteiger partial charge on any atom is 0.226 e. The van der Waals surface area contributed by atoms with Gasteiger partial charge >= 0.3 is 0 Å². The van der Waals surface area contributed by atoms with Gasteiger partial charge in [0, 0.05) is 5.56 Å². The number of benzene rings is 1. The van der Waals surface area contributed by atoms with Gasteiger partial charge in [-0.25, -0.2) is 4.98 Å². The first-order valence-corrected chi connectivity index (χ1v) is 9.05. The van der Waals surface area contributed by atoms with Crippen LogP contribution in [0.25, 0.3) is 11.5 Å². The number of hydrogen-bond acceptors (Lipinski definition) is 5. The Balaban J connectivity index is 1.54. The molecule has 25 heavy (non-hydrogen) atoms. The number of aromatic nitrogens is 1. The minimum Gasteiger partial charge on any atom is -0.441 e. The fourth-order valence-electron chi connectivity index (χ4n) is 3.14. The molecule has 0 saturated heterocycles. The average molecular weight is 345 g/mol. The summed E-state index contributed by atoms with van der Waals surface area (Å²) < 4.78 is 17.6. The fourth-order valence-corrected chi connectivity index (χ4v) is 3.14. The average Bonchev–Trinajstić information content (AvgIpc) is 3.00. The predicted molar refractivity (Wildman–Crippen MR) is 95.1 cm³/mol. The first-order chi connectivity index (χ1) is 12.1. The lowest BCUT2D eigenvalue weighted by Crippen LogP contribution is -2.30. The number of nitrogens with zero attached hydrogens (tertiary/aromatic N) is 1. The molecule has 1 heterocycles. The fraction of sp³-hybridized carbons (Fsp3) is 0.550. The first kappa shape index (κ1) is 18.1. The van der Waals surface area contributed by atoms with Crippen molar-refractivity contribution in [2.45, 2.75) is 64.4 Å². The van der Waals surface area contributed by atoms with Crippen LogP contribution in [-0.2, 0) is 16.1 Å². The van der Waals surface area contributed by atoms with E-state index in [2.05, 4.69) is 4.98 Å². The summed E-state index contributed by atoms with van der Waals surface area (Å²) in [6.45, 7) is 4.51. The van der Waals surface area contributed by atoms with Crippen LogP contribution in [0.5, 0.6) is 0 Å². The smallest absolute Gasteiger partial charge is 0.226 e. The molecule has 3 atom stereocenters. The molecule has 1 saturated carbocycles. The Labute approximate surface area is 149 Å². The van der Waals surface area contributed by atoms with Crippen molar-refractivity contribution >= 4 is 0 Å². The minimum absolute atomic E-state index is 0.170. The summed E-state index contributed by atoms with van der Waals surface area (Å²) >= 11 is 0. The molecular weight excluding hydrogens is 318 g/mol. The molecule has 1 fully saturated rings. The molecule has 136 valence electrons. The van der Waals surface area contributed by atoms with Gasteiger partial charge in [0.05, 0.1) is 31.5 Å². The summed E-state index contributed by atoms with van der Waals surface area (Å²) in [5, 5.41) is 9.35. The molecule has 1 aromatic heterocycles. The zero-order valence-electron chi connectivity index (χ0n) is 15.0. The zero-order chi connectivity index (χ0) is 17.6. The first-order valence-electron chi connectivity index (χ1n) is 9.05. The molecule has 5 nitrogen and oxygen atoms in total. The second-order valence-corrected chi connectivity index (χ2v) is 6.79. The highest BCUT2D eigenvalue weighted by molar-refractivity contribution is 5.53. The van der Waals surface area contributed by atoms with Crippen LogP contribution in [-0.4, -0.2) is 35.0 Å². The predicted octanol–water partition coefficient (Wildman–Crippen LogP) is 3.88. The third-order valence-electron chi connectivity index (χ3n) is 4.52.